The Morgan fingerprint density at radius 3 is 2.44 bits per heavy atom. The van der Waals surface area contributed by atoms with Crippen LogP contribution in [0.2, 0.25) is 0 Å². The van der Waals surface area contributed by atoms with Gasteiger partial charge in [-0.25, -0.2) is 0 Å². The van der Waals surface area contributed by atoms with Crippen LogP contribution in [0.3, 0.4) is 0 Å². The smallest absolute Gasteiger partial charge is 0.0714 e. The summed E-state index contributed by atoms with van der Waals surface area (Å²) in [5.74, 6) is 3.01. The first kappa shape index (κ1) is 13.9. The van der Waals surface area contributed by atoms with Crippen LogP contribution in [0.15, 0.2) is 0 Å². The summed E-state index contributed by atoms with van der Waals surface area (Å²) in [4.78, 5) is 2.67. The highest BCUT2D eigenvalue weighted by Crippen LogP contribution is 2.36. The molecule has 18 heavy (non-hydrogen) atoms. The first-order chi connectivity index (χ1) is 8.80. The molecule has 2 aliphatic heterocycles. The molecule has 0 saturated carbocycles. The molecule has 2 fully saturated rings. The second-order valence-corrected chi connectivity index (χ2v) is 5.90. The molecule has 0 aromatic carbocycles. The zero-order valence-corrected chi connectivity index (χ0v) is 12.0. The number of nitrogens with zero attached hydrogens (tertiary/aromatic N) is 1. The lowest BCUT2D eigenvalue weighted by Crippen LogP contribution is -2.59. The summed E-state index contributed by atoms with van der Waals surface area (Å²) in [7, 11) is 0. The van der Waals surface area contributed by atoms with E-state index >= 15 is 0 Å². The van der Waals surface area contributed by atoms with Gasteiger partial charge in [-0.15, -0.1) is 6.42 Å². The Bertz CT molecular complexity index is 280. The van der Waals surface area contributed by atoms with Crippen molar-refractivity contribution in [3.8, 4) is 12.3 Å². The minimum atomic E-state index is 0.368. The van der Waals surface area contributed by atoms with E-state index in [0.29, 0.717) is 6.04 Å². The van der Waals surface area contributed by atoms with E-state index < -0.39 is 0 Å². The van der Waals surface area contributed by atoms with Crippen molar-refractivity contribution in [1.82, 2.24) is 10.2 Å². The van der Waals surface area contributed by atoms with E-state index in [1.807, 2.05) is 0 Å². The van der Waals surface area contributed by atoms with Gasteiger partial charge < -0.3 is 5.32 Å². The second-order valence-electron chi connectivity index (χ2n) is 5.90. The fourth-order valence-corrected chi connectivity index (χ4v) is 3.86. The van der Waals surface area contributed by atoms with E-state index in [1.54, 1.807) is 0 Å². The van der Waals surface area contributed by atoms with Gasteiger partial charge in [-0.1, -0.05) is 26.2 Å². The number of rotatable bonds is 5. The van der Waals surface area contributed by atoms with E-state index in [9.17, 15) is 0 Å². The Morgan fingerprint density at radius 2 is 1.94 bits per heavy atom. The Hall–Kier alpha value is -0.520. The summed E-state index contributed by atoms with van der Waals surface area (Å²) >= 11 is 0. The summed E-state index contributed by atoms with van der Waals surface area (Å²) in [5.41, 5.74) is 0. The minimum absolute atomic E-state index is 0.368. The number of terminal acetylenes is 1. The predicted octanol–water partition coefficient (Wildman–Crippen LogP) is 2.78. The lowest BCUT2D eigenvalue weighted by Gasteiger charge is -2.51. The van der Waals surface area contributed by atoms with Gasteiger partial charge in [0, 0.05) is 18.1 Å². The van der Waals surface area contributed by atoms with Crippen molar-refractivity contribution < 1.29 is 0 Å². The maximum absolute atomic E-state index is 5.72. The van der Waals surface area contributed by atoms with Gasteiger partial charge in [0.05, 0.1) is 6.04 Å². The van der Waals surface area contributed by atoms with Crippen molar-refractivity contribution in [2.75, 3.05) is 6.54 Å². The number of nitrogens with one attached hydrogen (secondary N) is 1. The molecule has 2 heterocycles. The van der Waals surface area contributed by atoms with Crippen molar-refractivity contribution >= 4 is 0 Å². The minimum Gasteiger partial charge on any atom is -0.314 e. The lowest BCUT2D eigenvalue weighted by molar-refractivity contribution is 0.00516. The van der Waals surface area contributed by atoms with Crippen molar-refractivity contribution in [2.24, 2.45) is 0 Å². The van der Waals surface area contributed by atoms with Gasteiger partial charge in [-0.2, -0.15) is 0 Å². The van der Waals surface area contributed by atoms with Gasteiger partial charge in [0.15, 0.2) is 0 Å². The maximum Gasteiger partial charge on any atom is 0.0714 e. The molecule has 0 amide bonds. The van der Waals surface area contributed by atoms with Crippen LogP contribution in [-0.4, -0.2) is 35.6 Å². The lowest BCUT2D eigenvalue weighted by atomic mass is 9.80. The molecular weight excluding hydrogens is 220 g/mol. The summed E-state index contributed by atoms with van der Waals surface area (Å²) in [6.07, 6.45) is 14.7. The van der Waals surface area contributed by atoms with Crippen LogP contribution >= 0.6 is 0 Å². The monoisotopic (exact) mass is 248 g/mol. The third kappa shape index (κ3) is 2.90. The van der Waals surface area contributed by atoms with Crippen LogP contribution in [0.1, 0.15) is 58.8 Å². The molecule has 2 nitrogen and oxygen atoms in total. The van der Waals surface area contributed by atoms with Crippen LogP contribution in [0.5, 0.6) is 0 Å². The molecule has 0 aliphatic carbocycles. The molecular formula is C16H28N2. The van der Waals surface area contributed by atoms with Gasteiger partial charge in [0.2, 0.25) is 0 Å². The van der Waals surface area contributed by atoms with E-state index in [2.05, 4.69) is 30.0 Å². The molecule has 102 valence electrons. The number of hydrogen-bond acceptors (Lipinski definition) is 2. The Kier molecular flexibility index (Phi) is 5.09. The molecule has 0 aromatic heterocycles. The summed E-state index contributed by atoms with van der Waals surface area (Å²) in [6, 6.07) is 2.56. The Balaban J connectivity index is 2.01. The van der Waals surface area contributed by atoms with Gasteiger partial charge in [0.1, 0.15) is 0 Å². The zero-order chi connectivity index (χ0) is 13.0. The van der Waals surface area contributed by atoms with Crippen LogP contribution < -0.4 is 5.32 Å². The third-order valence-electron chi connectivity index (χ3n) is 4.65. The number of hydrogen-bond donors (Lipinski definition) is 1. The topological polar surface area (TPSA) is 15.3 Å². The van der Waals surface area contributed by atoms with Crippen molar-refractivity contribution in [3.05, 3.63) is 0 Å². The second kappa shape index (κ2) is 6.59. The van der Waals surface area contributed by atoms with Crippen molar-refractivity contribution in [2.45, 2.75) is 83.0 Å². The van der Waals surface area contributed by atoms with Crippen LogP contribution in [-0.2, 0) is 0 Å². The number of fused-ring (bicyclic) bond motifs is 2. The van der Waals surface area contributed by atoms with Crippen molar-refractivity contribution in [1.29, 1.82) is 0 Å². The van der Waals surface area contributed by atoms with Gasteiger partial charge in [-0.3, -0.25) is 4.90 Å². The average Bonchev–Trinajstić information content (AvgIpc) is 2.37. The molecule has 0 spiro atoms. The van der Waals surface area contributed by atoms with Crippen LogP contribution in [0.4, 0.5) is 0 Å². The Morgan fingerprint density at radius 1 is 1.28 bits per heavy atom. The van der Waals surface area contributed by atoms with E-state index in [1.165, 1.54) is 38.5 Å². The molecule has 2 heteroatoms. The van der Waals surface area contributed by atoms with Gasteiger partial charge >= 0.3 is 0 Å². The average molecular weight is 248 g/mol. The third-order valence-corrected chi connectivity index (χ3v) is 4.65. The van der Waals surface area contributed by atoms with E-state index in [0.717, 1.165) is 31.1 Å². The van der Waals surface area contributed by atoms with Crippen LogP contribution in [0.25, 0.3) is 0 Å². The maximum atomic E-state index is 5.72. The van der Waals surface area contributed by atoms with E-state index in [4.69, 9.17) is 6.42 Å². The normalized spacial score (nSPS) is 33.9. The molecule has 3 unspecified atom stereocenters. The quantitative estimate of drug-likeness (QED) is 0.753. The fraction of sp³-hybridized carbons (Fsp3) is 0.875. The highest BCUT2D eigenvalue weighted by Gasteiger charge is 2.40. The van der Waals surface area contributed by atoms with Crippen molar-refractivity contribution in [3.63, 3.8) is 0 Å². The summed E-state index contributed by atoms with van der Waals surface area (Å²) in [6.45, 7) is 5.63. The molecule has 2 bridgehead atoms. The summed E-state index contributed by atoms with van der Waals surface area (Å²) < 4.78 is 0. The fourth-order valence-electron chi connectivity index (χ4n) is 3.86. The molecule has 2 rings (SSSR count). The highest BCUT2D eigenvalue weighted by molar-refractivity contribution is 5.06. The standard InChI is InChI=1S/C16H28N2/c1-4-10-17-13-11-15-8-7-9-16(12-13)18(15)14(5-2)6-3/h2,13-17H,4,6-12H2,1,3H3. The molecule has 0 aromatic rings. The summed E-state index contributed by atoms with van der Waals surface area (Å²) in [5, 5.41) is 3.72. The molecule has 2 aliphatic rings. The molecule has 0 radical (unpaired) electrons. The number of piperidine rings is 2. The van der Waals surface area contributed by atoms with E-state index in [-0.39, 0.29) is 0 Å². The molecule has 1 N–H and O–H groups in total. The highest BCUT2D eigenvalue weighted by atomic mass is 15.2. The zero-order valence-electron chi connectivity index (χ0n) is 12.0. The SMILES string of the molecule is C#CC(CC)N1C2CCCC1CC(NCCC)C2. The Labute approximate surface area is 113 Å². The van der Waals surface area contributed by atoms with Crippen LogP contribution in [0, 0.1) is 12.3 Å². The van der Waals surface area contributed by atoms with Gasteiger partial charge in [-0.05, 0) is 45.1 Å². The molecule has 2 saturated heterocycles. The van der Waals surface area contributed by atoms with Gasteiger partial charge in [0.25, 0.3) is 0 Å². The predicted molar refractivity (Wildman–Crippen MR) is 77.5 cm³/mol. The molecule has 3 atom stereocenters. The largest absolute Gasteiger partial charge is 0.314 e. The first-order valence-corrected chi connectivity index (χ1v) is 7.77. The first-order valence-electron chi connectivity index (χ1n) is 7.77.